The molecule has 0 radical (unpaired) electrons. The van der Waals surface area contributed by atoms with Crippen molar-refractivity contribution in [3.63, 3.8) is 0 Å². The molecule has 6 heteroatoms. The summed E-state index contributed by atoms with van der Waals surface area (Å²) in [7, 11) is 0. The lowest BCUT2D eigenvalue weighted by molar-refractivity contribution is 0.500. The first-order chi connectivity index (χ1) is 12.6. The molecule has 0 amide bonds. The van der Waals surface area contributed by atoms with Crippen LogP contribution in [0.2, 0.25) is 0 Å². The molecule has 3 aromatic rings. The van der Waals surface area contributed by atoms with Gasteiger partial charge in [0.1, 0.15) is 11.6 Å². The van der Waals surface area contributed by atoms with Crippen LogP contribution in [0.5, 0.6) is 0 Å². The van der Waals surface area contributed by atoms with Gasteiger partial charge in [-0.25, -0.2) is 23.1 Å². The van der Waals surface area contributed by atoms with Crippen LogP contribution in [-0.2, 0) is 19.4 Å². The average Bonchev–Trinajstić information content (AvgIpc) is 2.65. The van der Waals surface area contributed by atoms with Crippen molar-refractivity contribution in [2.45, 2.75) is 19.4 Å². The first-order valence-corrected chi connectivity index (χ1v) is 8.40. The number of halogens is 3. The SMILES string of the molecule is Fc1ccc(-c2nc(Cc3cccc(F)c3F)nc3c2CNCC3)cc1. The van der Waals surface area contributed by atoms with Gasteiger partial charge < -0.3 is 5.32 Å². The van der Waals surface area contributed by atoms with E-state index in [9.17, 15) is 13.2 Å². The van der Waals surface area contributed by atoms with Gasteiger partial charge in [-0.05, 0) is 35.9 Å². The smallest absolute Gasteiger partial charge is 0.162 e. The number of nitrogens with one attached hydrogen (secondary N) is 1. The van der Waals surface area contributed by atoms with E-state index in [1.165, 1.54) is 24.3 Å². The molecule has 0 unspecified atom stereocenters. The third-order valence-electron chi connectivity index (χ3n) is 4.48. The minimum Gasteiger partial charge on any atom is -0.312 e. The number of nitrogens with zero attached hydrogens (tertiary/aromatic N) is 2. The van der Waals surface area contributed by atoms with Crippen LogP contribution in [0.25, 0.3) is 11.3 Å². The molecule has 4 rings (SSSR count). The Bertz CT molecular complexity index is 955. The van der Waals surface area contributed by atoms with Crippen LogP contribution in [0.15, 0.2) is 42.5 Å². The van der Waals surface area contributed by atoms with Crippen molar-refractivity contribution in [3.8, 4) is 11.3 Å². The van der Waals surface area contributed by atoms with Crippen LogP contribution in [0.3, 0.4) is 0 Å². The van der Waals surface area contributed by atoms with Gasteiger partial charge in [0.2, 0.25) is 0 Å². The van der Waals surface area contributed by atoms with Crippen molar-refractivity contribution in [2.24, 2.45) is 0 Å². The molecule has 132 valence electrons. The molecule has 26 heavy (non-hydrogen) atoms. The van der Waals surface area contributed by atoms with Gasteiger partial charge in [-0.1, -0.05) is 12.1 Å². The lowest BCUT2D eigenvalue weighted by Crippen LogP contribution is -2.26. The molecular formula is C20H16F3N3. The highest BCUT2D eigenvalue weighted by molar-refractivity contribution is 5.64. The largest absolute Gasteiger partial charge is 0.312 e. The second kappa shape index (κ2) is 6.88. The average molecular weight is 355 g/mol. The van der Waals surface area contributed by atoms with Crippen LogP contribution >= 0.6 is 0 Å². The summed E-state index contributed by atoms with van der Waals surface area (Å²) in [5.41, 5.74) is 3.55. The van der Waals surface area contributed by atoms with Gasteiger partial charge in [0.25, 0.3) is 0 Å². The predicted molar refractivity (Wildman–Crippen MR) is 92.0 cm³/mol. The highest BCUT2D eigenvalue weighted by Gasteiger charge is 2.19. The monoisotopic (exact) mass is 355 g/mol. The molecule has 2 aromatic carbocycles. The molecule has 1 aromatic heterocycles. The van der Waals surface area contributed by atoms with E-state index in [1.807, 2.05) is 0 Å². The van der Waals surface area contributed by atoms with Crippen molar-refractivity contribution >= 4 is 0 Å². The number of benzene rings is 2. The van der Waals surface area contributed by atoms with Crippen LogP contribution < -0.4 is 5.32 Å². The molecule has 1 aliphatic heterocycles. The van der Waals surface area contributed by atoms with Gasteiger partial charge in [0.15, 0.2) is 11.6 Å². The number of fused-ring (bicyclic) bond motifs is 1. The minimum absolute atomic E-state index is 0.0957. The van der Waals surface area contributed by atoms with Crippen molar-refractivity contribution in [3.05, 3.63) is 82.6 Å². The Morgan fingerprint density at radius 1 is 0.962 bits per heavy atom. The van der Waals surface area contributed by atoms with Gasteiger partial charge in [-0.15, -0.1) is 0 Å². The fraction of sp³-hybridized carbons (Fsp3) is 0.200. The molecule has 0 aliphatic carbocycles. The van der Waals surface area contributed by atoms with E-state index in [0.717, 1.165) is 35.9 Å². The standard InChI is InChI=1S/C20H16F3N3/c21-14-6-4-12(5-7-14)20-15-11-24-9-8-17(15)25-18(26-20)10-13-2-1-3-16(22)19(13)23/h1-7,24H,8-11H2. The topological polar surface area (TPSA) is 37.8 Å². The summed E-state index contributed by atoms with van der Waals surface area (Å²) in [6.07, 6.45) is 0.823. The van der Waals surface area contributed by atoms with Gasteiger partial charge in [-0.3, -0.25) is 0 Å². The maximum absolute atomic E-state index is 14.0. The molecular weight excluding hydrogens is 339 g/mol. The third kappa shape index (κ3) is 3.20. The lowest BCUT2D eigenvalue weighted by Gasteiger charge is -2.20. The van der Waals surface area contributed by atoms with Crippen LogP contribution in [0.4, 0.5) is 13.2 Å². The lowest BCUT2D eigenvalue weighted by atomic mass is 9.99. The summed E-state index contributed by atoms with van der Waals surface area (Å²) in [5.74, 6) is -1.66. The summed E-state index contributed by atoms with van der Waals surface area (Å²) in [5, 5.41) is 3.28. The molecule has 0 bridgehead atoms. The zero-order chi connectivity index (χ0) is 18.1. The molecule has 2 heterocycles. The van der Waals surface area contributed by atoms with Crippen LogP contribution in [-0.4, -0.2) is 16.5 Å². The number of aromatic nitrogens is 2. The summed E-state index contributed by atoms with van der Waals surface area (Å²) < 4.78 is 40.8. The highest BCUT2D eigenvalue weighted by Crippen LogP contribution is 2.27. The summed E-state index contributed by atoms with van der Waals surface area (Å²) in [4.78, 5) is 9.16. The zero-order valence-corrected chi connectivity index (χ0v) is 13.9. The van der Waals surface area contributed by atoms with Gasteiger partial charge in [0, 0.05) is 37.1 Å². The maximum atomic E-state index is 14.0. The Labute approximate surface area is 148 Å². The van der Waals surface area contributed by atoms with Gasteiger partial charge >= 0.3 is 0 Å². The molecule has 0 saturated carbocycles. The Kier molecular flexibility index (Phi) is 4.42. The summed E-state index contributed by atoms with van der Waals surface area (Å²) in [6.45, 7) is 1.41. The second-order valence-corrected chi connectivity index (χ2v) is 6.24. The summed E-state index contributed by atoms with van der Waals surface area (Å²) in [6, 6.07) is 10.2. The first kappa shape index (κ1) is 16.7. The number of hydrogen-bond acceptors (Lipinski definition) is 3. The van der Waals surface area contributed by atoms with Gasteiger partial charge in [-0.2, -0.15) is 0 Å². The van der Waals surface area contributed by atoms with Crippen molar-refractivity contribution in [2.75, 3.05) is 6.54 Å². The van der Waals surface area contributed by atoms with Crippen LogP contribution in [0, 0.1) is 17.5 Å². The van der Waals surface area contributed by atoms with E-state index >= 15 is 0 Å². The van der Waals surface area contributed by atoms with E-state index in [2.05, 4.69) is 15.3 Å². The van der Waals surface area contributed by atoms with E-state index in [0.29, 0.717) is 18.1 Å². The van der Waals surface area contributed by atoms with Gasteiger partial charge in [0.05, 0.1) is 11.4 Å². The third-order valence-corrected chi connectivity index (χ3v) is 4.48. The Hall–Kier alpha value is -2.73. The van der Waals surface area contributed by atoms with Crippen molar-refractivity contribution in [1.82, 2.24) is 15.3 Å². The van der Waals surface area contributed by atoms with E-state index in [4.69, 9.17) is 0 Å². The fourth-order valence-corrected chi connectivity index (χ4v) is 3.18. The molecule has 3 nitrogen and oxygen atoms in total. The molecule has 0 spiro atoms. The van der Waals surface area contributed by atoms with E-state index in [-0.39, 0.29) is 17.8 Å². The van der Waals surface area contributed by atoms with Crippen molar-refractivity contribution in [1.29, 1.82) is 0 Å². The normalized spacial score (nSPS) is 13.5. The molecule has 1 aliphatic rings. The van der Waals surface area contributed by atoms with E-state index in [1.54, 1.807) is 12.1 Å². The zero-order valence-electron chi connectivity index (χ0n) is 13.9. The molecule has 1 N–H and O–H groups in total. The summed E-state index contributed by atoms with van der Waals surface area (Å²) >= 11 is 0. The number of hydrogen-bond donors (Lipinski definition) is 1. The molecule has 0 fully saturated rings. The fourth-order valence-electron chi connectivity index (χ4n) is 3.18. The van der Waals surface area contributed by atoms with Crippen LogP contribution in [0.1, 0.15) is 22.6 Å². The Morgan fingerprint density at radius 2 is 1.77 bits per heavy atom. The Morgan fingerprint density at radius 3 is 2.58 bits per heavy atom. The highest BCUT2D eigenvalue weighted by atomic mass is 19.2. The Balaban J connectivity index is 1.80. The molecule has 0 atom stereocenters. The van der Waals surface area contributed by atoms with E-state index < -0.39 is 11.6 Å². The van der Waals surface area contributed by atoms with Crippen molar-refractivity contribution < 1.29 is 13.2 Å². The number of rotatable bonds is 3. The quantitative estimate of drug-likeness (QED) is 0.777. The molecule has 0 saturated heterocycles. The second-order valence-electron chi connectivity index (χ2n) is 6.24. The first-order valence-electron chi connectivity index (χ1n) is 8.40. The maximum Gasteiger partial charge on any atom is 0.162 e. The predicted octanol–water partition coefficient (Wildman–Crippen LogP) is 3.80. The minimum atomic E-state index is -0.886.